The Morgan fingerprint density at radius 3 is 2.33 bits per heavy atom. The third-order valence-corrected chi connectivity index (χ3v) is 5.99. The average molecular weight is 431 g/mol. The molecule has 4 nitrogen and oxygen atoms in total. The molecule has 2 unspecified atom stereocenters. The van der Waals surface area contributed by atoms with E-state index in [1.165, 1.54) is 17.8 Å². The second-order valence-corrected chi connectivity index (χ2v) is 8.32. The van der Waals surface area contributed by atoms with Gasteiger partial charge in [-0.05, 0) is 37.0 Å². The molecule has 2 rings (SSSR count). The number of amides is 2. The van der Waals surface area contributed by atoms with Crippen LogP contribution < -0.4 is 5.32 Å². The number of halogens is 1. The molecule has 0 heterocycles. The zero-order valence-corrected chi connectivity index (χ0v) is 18.8. The van der Waals surface area contributed by atoms with Gasteiger partial charge in [-0.3, -0.25) is 9.59 Å². The van der Waals surface area contributed by atoms with Crippen molar-refractivity contribution in [1.29, 1.82) is 0 Å². The molecule has 0 aliphatic heterocycles. The monoisotopic (exact) mass is 430 g/mol. The van der Waals surface area contributed by atoms with Gasteiger partial charge >= 0.3 is 0 Å². The van der Waals surface area contributed by atoms with Gasteiger partial charge in [0.15, 0.2) is 0 Å². The smallest absolute Gasteiger partial charge is 0.243 e. The third-order valence-electron chi connectivity index (χ3n) is 5.02. The van der Waals surface area contributed by atoms with Crippen molar-refractivity contribution >= 4 is 23.6 Å². The summed E-state index contributed by atoms with van der Waals surface area (Å²) in [6.45, 7) is 6.25. The lowest BCUT2D eigenvalue weighted by molar-refractivity contribution is -0.139. The number of benzene rings is 2. The van der Waals surface area contributed by atoms with Gasteiger partial charge in [0.1, 0.15) is 11.9 Å². The Balaban J connectivity index is 2.11. The molecule has 0 saturated heterocycles. The molecule has 0 aliphatic rings. The average Bonchev–Trinajstić information content (AvgIpc) is 2.75. The first-order valence-corrected chi connectivity index (χ1v) is 11.6. The van der Waals surface area contributed by atoms with Crippen LogP contribution in [0.3, 0.4) is 0 Å². The predicted molar refractivity (Wildman–Crippen MR) is 122 cm³/mol. The van der Waals surface area contributed by atoms with Gasteiger partial charge in [0.25, 0.3) is 0 Å². The Bertz CT molecular complexity index is 816. The lowest BCUT2D eigenvalue weighted by Crippen LogP contribution is -2.51. The first-order valence-electron chi connectivity index (χ1n) is 10.4. The van der Waals surface area contributed by atoms with Crippen LogP contribution in [-0.4, -0.2) is 34.6 Å². The van der Waals surface area contributed by atoms with E-state index in [4.69, 9.17) is 0 Å². The Morgan fingerprint density at radius 1 is 1.03 bits per heavy atom. The van der Waals surface area contributed by atoms with Crippen LogP contribution in [0.5, 0.6) is 0 Å². The molecule has 2 amide bonds. The first-order chi connectivity index (χ1) is 14.5. The summed E-state index contributed by atoms with van der Waals surface area (Å²) in [4.78, 5) is 27.6. The van der Waals surface area contributed by atoms with Gasteiger partial charge in [-0.25, -0.2) is 4.39 Å². The lowest BCUT2D eigenvalue weighted by Gasteiger charge is -2.31. The van der Waals surface area contributed by atoms with Crippen molar-refractivity contribution in [2.75, 3.05) is 5.75 Å². The van der Waals surface area contributed by atoms with E-state index in [-0.39, 0.29) is 29.4 Å². The van der Waals surface area contributed by atoms with Crippen molar-refractivity contribution in [2.45, 2.75) is 58.0 Å². The lowest BCUT2D eigenvalue weighted by atomic mass is 10.1. The van der Waals surface area contributed by atoms with Crippen LogP contribution in [0.15, 0.2) is 54.6 Å². The van der Waals surface area contributed by atoms with Crippen molar-refractivity contribution in [3.8, 4) is 0 Å². The number of hydrogen-bond acceptors (Lipinski definition) is 3. The van der Waals surface area contributed by atoms with E-state index < -0.39 is 6.04 Å². The molecule has 6 heteroatoms. The molecule has 0 fully saturated rings. The zero-order chi connectivity index (χ0) is 21.9. The Morgan fingerprint density at radius 2 is 1.70 bits per heavy atom. The minimum Gasteiger partial charge on any atom is -0.352 e. The van der Waals surface area contributed by atoms with Gasteiger partial charge < -0.3 is 10.2 Å². The molecule has 2 atom stereocenters. The van der Waals surface area contributed by atoms with Crippen LogP contribution in [0.2, 0.25) is 0 Å². The second kappa shape index (κ2) is 12.4. The molecule has 0 saturated carbocycles. The van der Waals surface area contributed by atoms with Crippen LogP contribution in [0.1, 0.15) is 44.7 Å². The minimum atomic E-state index is -0.541. The number of carbonyl (C=O) groups excluding carboxylic acids is 2. The highest BCUT2D eigenvalue weighted by molar-refractivity contribution is 7.99. The zero-order valence-electron chi connectivity index (χ0n) is 17.9. The summed E-state index contributed by atoms with van der Waals surface area (Å²) in [5.41, 5.74) is 1.55. The van der Waals surface area contributed by atoms with Gasteiger partial charge in [-0.1, -0.05) is 62.4 Å². The van der Waals surface area contributed by atoms with Crippen molar-refractivity contribution < 1.29 is 14.0 Å². The fourth-order valence-corrected chi connectivity index (χ4v) is 3.98. The Labute approximate surface area is 183 Å². The number of carbonyl (C=O) groups is 2. The SMILES string of the molecule is CCC(C)NC(=O)C(CC)N(Cc1ccccc1)C(=O)CSCc1ccccc1F. The largest absolute Gasteiger partial charge is 0.352 e. The Kier molecular flexibility index (Phi) is 9.87. The minimum absolute atomic E-state index is 0.0515. The van der Waals surface area contributed by atoms with Crippen LogP contribution in [-0.2, 0) is 21.9 Å². The summed E-state index contributed by atoms with van der Waals surface area (Å²) in [6, 6.07) is 15.8. The normalized spacial score (nSPS) is 12.8. The van der Waals surface area contributed by atoms with Crippen molar-refractivity contribution in [3.05, 3.63) is 71.5 Å². The van der Waals surface area contributed by atoms with E-state index in [9.17, 15) is 14.0 Å². The predicted octanol–water partition coefficient (Wildman–Crippen LogP) is 4.78. The van der Waals surface area contributed by atoms with Gasteiger partial charge in [-0.15, -0.1) is 11.8 Å². The second-order valence-electron chi connectivity index (χ2n) is 7.33. The summed E-state index contributed by atoms with van der Waals surface area (Å²) in [5, 5.41) is 3.00. The van der Waals surface area contributed by atoms with Crippen LogP contribution in [0.4, 0.5) is 4.39 Å². The van der Waals surface area contributed by atoms with E-state index in [0.29, 0.717) is 24.3 Å². The van der Waals surface area contributed by atoms with Crippen molar-refractivity contribution in [3.63, 3.8) is 0 Å². The highest BCUT2D eigenvalue weighted by Crippen LogP contribution is 2.19. The maximum atomic E-state index is 13.8. The first kappa shape index (κ1) is 23.9. The molecule has 0 spiro atoms. The van der Waals surface area contributed by atoms with E-state index in [1.807, 2.05) is 51.1 Å². The van der Waals surface area contributed by atoms with E-state index in [0.717, 1.165) is 12.0 Å². The van der Waals surface area contributed by atoms with Gasteiger partial charge in [0, 0.05) is 18.3 Å². The molecule has 0 aromatic heterocycles. The molecule has 2 aromatic rings. The molecule has 1 N–H and O–H groups in total. The Hall–Kier alpha value is -2.34. The maximum absolute atomic E-state index is 13.8. The molecular formula is C24H31FN2O2S. The van der Waals surface area contributed by atoms with Crippen LogP contribution in [0.25, 0.3) is 0 Å². The summed E-state index contributed by atoms with van der Waals surface area (Å²) in [6.07, 6.45) is 1.35. The number of hydrogen-bond donors (Lipinski definition) is 1. The maximum Gasteiger partial charge on any atom is 0.243 e. The topological polar surface area (TPSA) is 49.4 Å². The molecular weight excluding hydrogens is 399 g/mol. The summed E-state index contributed by atoms with van der Waals surface area (Å²) >= 11 is 1.36. The number of nitrogens with zero attached hydrogens (tertiary/aromatic N) is 1. The molecule has 2 aromatic carbocycles. The van der Waals surface area contributed by atoms with Crippen molar-refractivity contribution in [1.82, 2.24) is 10.2 Å². The highest BCUT2D eigenvalue weighted by atomic mass is 32.2. The summed E-state index contributed by atoms with van der Waals surface area (Å²) in [7, 11) is 0. The number of rotatable bonds is 11. The quantitative estimate of drug-likeness (QED) is 0.558. The number of thioether (sulfide) groups is 1. The number of nitrogens with one attached hydrogen (secondary N) is 1. The summed E-state index contributed by atoms with van der Waals surface area (Å²) < 4.78 is 13.8. The van der Waals surface area contributed by atoms with Crippen LogP contribution >= 0.6 is 11.8 Å². The molecule has 0 radical (unpaired) electrons. The third kappa shape index (κ3) is 7.17. The molecule has 0 bridgehead atoms. The summed E-state index contributed by atoms with van der Waals surface area (Å²) in [5.74, 6) is 0.0846. The molecule has 30 heavy (non-hydrogen) atoms. The van der Waals surface area contributed by atoms with E-state index in [1.54, 1.807) is 23.1 Å². The van der Waals surface area contributed by atoms with E-state index >= 15 is 0 Å². The van der Waals surface area contributed by atoms with Gasteiger partial charge in [0.05, 0.1) is 5.75 Å². The molecule has 162 valence electrons. The van der Waals surface area contributed by atoms with Crippen LogP contribution in [0, 0.1) is 5.82 Å². The van der Waals surface area contributed by atoms with Gasteiger partial charge in [-0.2, -0.15) is 0 Å². The van der Waals surface area contributed by atoms with E-state index in [2.05, 4.69) is 5.32 Å². The fraction of sp³-hybridized carbons (Fsp3) is 0.417. The molecule has 0 aliphatic carbocycles. The van der Waals surface area contributed by atoms with Crippen molar-refractivity contribution in [2.24, 2.45) is 0 Å². The standard InChI is InChI=1S/C24H31FN2O2S/c1-4-18(3)26-24(29)22(5-2)27(15-19-11-7-6-8-12-19)23(28)17-30-16-20-13-9-10-14-21(20)25/h6-14,18,22H,4-5,15-17H2,1-3H3,(H,26,29). The fourth-order valence-electron chi connectivity index (χ4n) is 3.09. The highest BCUT2D eigenvalue weighted by Gasteiger charge is 2.29. The van der Waals surface area contributed by atoms with Gasteiger partial charge in [0.2, 0.25) is 11.8 Å².